The Bertz CT molecular complexity index is 982. The van der Waals surface area contributed by atoms with Gasteiger partial charge in [0.25, 0.3) is 0 Å². The van der Waals surface area contributed by atoms with Gasteiger partial charge >= 0.3 is 17.9 Å². The summed E-state index contributed by atoms with van der Waals surface area (Å²) in [6.07, 6.45) is 58.0. The van der Waals surface area contributed by atoms with Crippen LogP contribution in [-0.4, -0.2) is 37.2 Å². The van der Waals surface area contributed by atoms with Crippen LogP contribution < -0.4 is 0 Å². The fourth-order valence-electron chi connectivity index (χ4n) is 9.07. The van der Waals surface area contributed by atoms with E-state index in [0.29, 0.717) is 19.3 Å². The lowest BCUT2D eigenvalue weighted by Gasteiger charge is -2.18. The molecule has 0 saturated carbocycles. The first kappa shape index (κ1) is 63.4. The third-order valence-corrected chi connectivity index (χ3v) is 13.9. The van der Waals surface area contributed by atoms with E-state index in [1.54, 1.807) is 0 Å². The van der Waals surface area contributed by atoms with Gasteiger partial charge in [-0.05, 0) is 25.2 Å². The lowest BCUT2D eigenvalue weighted by Crippen LogP contribution is -2.30. The minimum absolute atomic E-state index is 0.0618. The van der Waals surface area contributed by atoms with Crippen LogP contribution in [0, 0.1) is 5.92 Å². The smallest absolute Gasteiger partial charge is 0.306 e. The predicted octanol–water partition coefficient (Wildman–Crippen LogP) is 19.4. The van der Waals surface area contributed by atoms with Crippen molar-refractivity contribution >= 4 is 17.9 Å². The maximum absolute atomic E-state index is 12.9. The van der Waals surface area contributed by atoms with Crippen LogP contribution in [0.5, 0.6) is 0 Å². The van der Waals surface area contributed by atoms with Crippen LogP contribution in [0.3, 0.4) is 0 Å². The molecule has 2 atom stereocenters. The molecular formula is C59H114O6. The second-order valence-corrected chi connectivity index (χ2v) is 20.5. The molecule has 0 aliphatic heterocycles. The zero-order valence-corrected chi connectivity index (χ0v) is 44.5. The van der Waals surface area contributed by atoms with Crippen molar-refractivity contribution in [3.63, 3.8) is 0 Å². The van der Waals surface area contributed by atoms with Crippen molar-refractivity contribution in [3.8, 4) is 0 Å². The first-order valence-corrected chi connectivity index (χ1v) is 29.4. The van der Waals surface area contributed by atoms with Crippen molar-refractivity contribution in [3.05, 3.63) is 0 Å². The summed E-state index contributed by atoms with van der Waals surface area (Å²) in [5, 5.41) is 0. The minimum Gasteiger partial charge on any atom is -0.462 e. The highest BCUT2D eigenvalue weighted by Gasteiger charge is 2.19. The monoisotopic (exact) mass is 919 g/mol. The van der Waals surface area contributed by atoms with E-state index >= 15 is 0 Å². The van der Waals surface area contributed by atoms with Crippen LogP contribution in [0.1, 0.15) is 336 Å². The summed E-state index contributed by atoms with van der Waals surface area (Å²) in [5.74, 6) is 0.0605. The quantitative estimate of drug-likeness (QED) is 0.0344. The lowest BCUT2D eigenvalue weighted by atomic mass is 9.99. The molecule has 0 aliphatic carbocycles. The van der Waals surface area contributed by atoms with Gasteiger partial charge in [-0.1, -0.05) is 297 Å². The van der Waals surface area contributed by atoms with Gasteiger partial charge in [-0.15, -0.1) is 0 Å². The number of rotatable bonds is 54. The van der Waals surface area contributed by atoms with Crippen LogP contribution in [0.2, 0.25) is 0 Å². The van der Waals surface area contributed by atoms with Crippen molar-refractivity contribution < 1.29 is 28.6 Å². The predicted molar refractivity (Wildman–Crippen MR) is 280 cm³/mol. The molecule has 0 spiro atoms. The number of carbonyl (C=O) groups excluding carboxylic acids is 3. The van der Waals surface area contributed by atoms with Crippen molar-refractivity contribution in [1.82, 2.24) is 0 Å². The summed E-state index contributed by atoms with van der Waals surface area (Å²) < 4.78 is 16.9. The maximum atomic E-state index is 12.9. The Morgan fingerprint density at radius 3 is 0.800 bits per heavy atom. The standard InChI is InChI=1S/C59H114O6/c1-5-8-10-12-14-16-18-19-20-21-22-23-28-32-36-40-44-48-52-59(62)65-56(53-63-57(60)50-46-42-38-34-29-17-15-13-11-9-6-2)54-64-58(61)51-47-43-39-35-31-27-25-24-26-30-33-37-41-45-49-55(4)7-3/h55-56H,5-54H2,1-4H3/t55?,56-/m0/s1. The molecule has 0 rings (SSSR count). The van der Waals surface area contributed by atoms with Crippen LogP contribution in [0.15, 0.2) is 0 Å². The average molecular weight is 920 g/mol. The first-order chi connectivity index (χ1) is 31.9. The molecule has 0 N–H and O–H groups in total. The van der Waals surface area contributed by atoms with E-state index in [-0.39, 0.29) is 31.1 Å². The Hall–Kier alpha value is -1.59. The van der Waals surface area contributed by atoms with Crippen molar-refractivity contribution in [2.75, 3.05) is 13.2 Å². The molecule has 0 saturated heterocycles. The largest absolute Gasteiger partial charge is 0.462 e. The summed E-state index contributed by atoms with van der Waals surface area (Å²) >= 11 is 0. The molecule has 1 unspecified atom stereocenters. The molecule has 65 heavy (non-hydrogen) atoms. The second kappa shape index (κ2) is 53.4. The Labute approximate surface area is 406 Å². The van der Waals surface area contributed by atoms with E-state index in [1.807, 2.05) is 0 Å². The minimum atomic E-state index is -0.761. The fourth-order valence-corrected chi connectivity index (χ4v) is 9.07. The van der Waals surface area contributed by atoms with Gasteiger partial charge in [-0.25, -0.2) is 0 Å². The van der Waals surface area contributed by atoms with Crippen molar-refractivity contribution in [2.45, 2.75) is 342 Å². The molecule has 0 fully saturated rings. The Kier molecular flexibility index (Phi) is 52.1. The molecular weight excluding hydrogens is 805 g/mol. The Morgan fingerprint density at radius 2 is 0.538 bits per heavy atom. The number of esters is 3. The number of hydrogen-bond acceptors (Lipinski definition) is 6. The summed E-state index contributed by atoms with van der Waals surface area (Å²) in [5.41, 5.74) is 0. The summed E-state index contributed by atoms with van der Waals surface area (Å²) in [7, 11) is 0. The first-order valence-electron chi connectivity index (χ1n) is 29.4. The topological polar surface area (TPSA) is 78.9 Å². The van der Waals surface area contributed by atoms with Gasteiger partial charge < -0.3 is 14.2 Å². The average Bonchev–Trinajstić information content (AvgIpc) is 3.30. The number of ether oxygens (including phenoxy) is 3. The van der Waals surface area contributed by atoms with Gasteiger partial charge in [0, 0.05) is 19.3 Å². The molecule has 0 bridgehead atoms. The van der Waals surface area contributed by atoms with Gasteiger partial charge in [0.15, 0.2) is 6.10 Å². The van der Waals surface area contributed by atoms with Gasteiger partial charge in [0.1, 0.15) is 13.2 Å². The molecule has 386 valence electrons. The molecule has 0 amide bonds. The SMILES string of the molecule is CCCCCCCCCCCCCCCCCCCCC(=O)O[C@@H](COC(=O)CCCCCCCCCCCCC)COC(=O)CCCCCCCCCCCCCCCCC(C)CC. The zero-order chi connectivity index (χ0) is 47.4. The summed E-state index contributed by atoms with van der Waals surface area (Å²) in [6.45, 7) is 9.09. The van der Waals surface area contributed by atoms with Gasteiger partial charge in [0.05, 0.1) is 0 Å². The molecule has 0 aromatic carbocycles. The van der Waals surface area contributed by atoms with E-state index in [9.17, 15) is 14.4 Å². The Morgan fingerprint density at radius 1 is 0.308 bits per heavy atom. The summed E-state index contributed by atoms with van der Waals surface area (Å²) in [4.78, 5) is 38.1. The molecule has 0 aromatic heterocycles. The fraction of sp³-hybridized carbons (Fsp3) is 0.949. The maximum Gasteiger partial charge on any atom is 0.306 e. The van der Waals surface area contributed by atoms with Crippen LogP contribution in [0.25, 0.3) is 0 Å². The van der Waals surface area contributed by atoms with E-state index < -0.39 is 6.10 Å². The molecule has 0 radical (unpaired) electrons. The number of unbranched alkanes of at least 4 members (excludes halogenated alkanes) is 40. The lowest BCUT2D eigenvalue weighted by molar-refractivity contribution is -0.167. The van der Waals surface area contributed by atoms with E-state index in [0.717, 1.165) is 63.7 Å². The third kappa shape index (κ3) is 51.6. The highest BCUT2D eigenvalue weighted by molar-refractivity contribution is 5.71. The zero-order valence-electron chi connectivity index (χ0n) is 44.5. The summed E-state index contributed by atoms with van der Waals surface area (Å²) in [6, 6.07) is 0. The molecule has 6 nitrogen and oxygen atoms in total. The highest BCUT2D eigenvalue weighted by Crippen LogP contribution is 2.18. The second-order valence-electron chi connectivity index (χ2n) is 20.5. The van der Waals surface area contributed by atoms with Crippen LogP contribution in [0.4, 0.5) is 0 Å². The molecule has 0 aromatic rings. The van der Waals surface area contributed by atoms with E-state index in [2.05, 4.69) is 27.7 Å². The number of hydrogen-bond donors (Lipinski definition) is 0. The van der Waals surface area contributed by atoms with Crippen LogP contribution >= 0.6 is 0 Å². The highest BCUT2D eigenvalue weighted by atomic mass is 16.6. The normalized spacial score (nSPS) is 12.4. The van der Waals surface area contributed by atoms with Crippen molar-refractivity contribution in [2.24, 2.45) is 5.92 Å². The third-order valence-electron chi connectivity index (χ3n) is 13.9. The van der Waals surface area contributed by atoms with Gasteiger partial charge in [-0.2, -0.15) is 0 Å². The molecule has 0 heterocycles. The Balaban J connectivity index is 4.25. The number of carbonyl (C=O) groups is 3. The molecule has 0 aliphatic rings. The van der Waals surface area contributed by atoms with Crippen molar-refractivity contribution in [1.29, 1.82) is 0 Å². The van der Waals surface area contributed by atoms with Crippen LogP contribution in [-0.2, 0) is 28.6 Å². The molecule has 6 heteroatoms. The van der Waals surface area contributed by atoms with E-state index in [4.69, 9.17) is 14.2 Å². The van der Waals surface area contributed by atoms with Gasteiger partial charge in [-0.3, -0.25) is 14.4 Å². The van der Waals surface area contributed by atoms with Gasteiger partial charge in [0.2, 0.25) is 0 Å². The van der Waals surface area contributed by atoms with E-state index in [1.165, 1.54) is 231 Å².